The summed E-state index contributed by atoms with van der Waals surface area (Å²) in [5.74, 6) is -0.940. The van der Waals surface area contributed by atoms with Crippen LogP contribution in [0.4, 0.5) is 0 Å². The van der Waals surface area contributed by atoms with E-state index in [-0.39, 0.29) is 11.0 Å². The van der Waals surface area contributed by atoms with Crippen molar-refractivity contribution in [3.05, 3.63) is 18.2 Å². The van der Waals surface area contributed by atoms with Crippen molar-refractivity contribution in [3.63, 3.8) is 0 Å². The van der Waals surface area contributed by atoms with E-state index in [0.29, 0.717) is 0 Å². The normalized spacial score (nSPS) is 12.9. The van der Waals surface area contributed by atoms with Crippen molar-refractivity contribution in [1.82, 2.24) is 4.72 Å². The number of phenolic OH excluding ortho intramolecular Hbond substituents is 2. The zero-order chi connectivity index (χ0) is 15.1. The summed E-state index contributed by atoms with van der Waals surface area (Å²) in [6.45, 7) is 0. The van der Waals surface area contributed by atoms with Crippen LogP contribution in [0, 0.1) is 0 Å². The number of sulfonamides is 1. The van der Waals surface area contributed by atoms with E-state index >= 15 is 0 Å². The SMILES string of the molecule is O=P(O)(O)CNS(=O)(=O)c1cc2cc(O)c(O)cc2o1. The van der Waals surface area contributed by atoms with Gasteiger partial charge in [-0.2, -0.15) is 4.72 Å². The van der Waals surface area contributed by atoms with Crippen molar-refractivity contribution < 1.29 is 37.4 Å². The van der Waals surface area contributed by atoms with Crippen molar-refractivity contribution in [1.29, 1.82) is 0 Å². The van der Waals surface area contributed by atoms with Crippen LogP contribution in [0.2, 0.25) is 0 Å². The van der Waals surface area contributed by atoms with Crippen molar-refractivity contribution in [2.75, 3.05) is 6.29 Å². The Morgan fingerprint density at radius 1 is 1.15 bits per heavy atom. The lowest BCUT2D eigenvalue weighted by atomic mass is 10.2. The molecule has 1 aromatic heterocycles. The number of benzene rings is 1. The number of hydrogen-bond acceptors (Lipinski definition) is 6. The first kappa shape index (κ1) is 14.8. The van der Waals surface area contributed by atoms with Crippen molar-refractivity contribution in [2.45, 2.75) is 5.09 Å². The highest BCUT2D eigenvalue weighted by Crippen LogP contribution is 2.35. The minimum Gasteiger partial charge on any atom is -0.504 e. The third-order valence-electron chi connectivity index (χ3n) is 2.32. The van der Waals surface area contributed by atoms with Crippen molar-refractivity contribution in [2.24, 2.45) is 0 Å². The lowest BCUT2D eigenvalue weighted by Gasteiger charge is -2.04. The number of rotatable bonds is 4. The maximum Gasteiger partial charge on any atom is 0.340 e. The predicted molar refractivity (Wildman–Crippen MR) is 66.8 cm³/mol. The smallest absolute Gasteiger partial charge is 0.340 e. The molecule has 0 saturated carbocycles. The minimum atomic E-state index is -4.54. The first-order valence-corrected chi connectivity index (χ1v) is 8.36. The Kier molecular flexibility index (Phi) is 3.53. The van der Waals surface area contributed by atoms with Crippen LogP contribution in [0.3, 0.4) is 0 Å². The molecule has 110 valence electrons. The first-order valence-electron chi connectivity index (χ1n) is 5.08. The standard InChI is InChI=1S/C9H10NO8PS/c11-6-1-5-2-9(18-8(5)3-7(6)12)20(16,17)10-4-19(13,14)15/h1-3,10-12H,4H2,(H2,13,14,15). The van der Waals surface area contributed by atoms with Gasteiger partial charge in [0.25, 0.3) is 10.0 Å². The van der Waals surface area contributed by atoms with E-state index < -0.39 is 40.5 Å². The molecule has 11 heteroatoms. The van der Waals surface area contributed by atoms with Crippen LogP contribution < -0.4 is 4.72 Å². The maximum absolute atomic E-state index is 11.7. The van der Waals surface area contributed by atoms with Crippen LogP contribution in [0.1, 0.15) is 0 Å². The number of aromatic hydroxyl groups is 2. The van der Waals surface area contributed by atoms with Crippen LogP contribution in [0.25, 0.3) is 11.0 Å². The molecule has 0 saturated heterocycles. The summed E-state index contributed by atoms with van der Waals surface area (Å²) in [4.78, 5) is 17.3. The van der Waals surface area contributed by atoms with Crippen LogP contribution in [0.5, 0.6) is 11.5 Å². The second-order valence-corrected chi connectivity index (χ2v) is 7.26. The number of hydrogen-bond donors (Lipinski definition) is 5. The molecular formula is C9H10NO8PS. The van der Waals surface area contributed by atoms with E-state index in [0.717, 1.165) is 18.2 Å². The molecule has 0 aliphatic rings. The molecule has 0 spiro atoms. The largest absolute Gasteiger partial charge is 0.504 e. The number of fused-ring (bicyclic) bond motifs is 1. The molecule has 0 aliphatic heterocycles. The van der Waals surface area contributed by atoms with Crippen molar-refractivity contribution >= 4 is 28.6 Å². The predicted octanol–water partition coefficient (Wildman–Crippen LogP) is 0.258. The Morgan fingerprint density at radius 3 is 2.35 bits per heavy atom. The third-order valence-corrected chi connectivity index (χ3v) is 4.36. The van der Waals surface area contributed by atoms with Gasteiger partial charge in [-0.25, -0.2) is 8.42 Å². The summed E-state index contributed by atoms with van der Waals surface area (Å²) in [5.41, 5.74) is -0.00291. The van der Waals surface area contributed by atoms with Gasteiger partial charge in [0.1, 0.15) is 11.9 Å². The molecule has 2 aromatic rings. The summed E-state index contributed by atoms with van der Waals surface area (Å²) >= 11 is 0. The molecule has 2 rings (SSSR count). The number of phenols is 2. The lowest BCUT2D eigenvalue weighted by Crippen LogP contribution is -2.24. The van der Waals surface area contributed by atoms with E-state index in [4.69, 9.17) is 14.2 Å². The molecule has 0 fully saturated rings. The van der Waals surface area contributed by atoms with E-state index in [1.807, 2.05) is 0 Å². The van der Waals surface area contributed by atoms with Gasteiger partial charge in [0, 0.05) is 17.5 Å². The first-order chi connectivity index (χ1) is 9.08. The van der Waals surface area contributed by atoms with Gasteiger partial charge < -0.3 is 24.4 Å². The quantitative estimate of drug-likeness (QED) is 0.396. The van der Waals surface area contributed by atoms with Crippen LogP contribution in [-0.4, -0.2) is 34.7 Å². The molecule has 0 aliphatic carbocycles. The molecule has 0 radical (unpaired) electrons. The Morgan fingerprint density at radius 2 is 1.75 bits per heavy atom. The average molecular weight is 323 g/mol. The molecular weight excluding hydrogens is 313 g/mol. The van der Waals surface area contributed by atoms with Crippen molar-refractivity contribution in [3.8, 4) is 11.5 Å². The summed E-state index contributed by atoms with van der Waals surface area (Å²) in [6.07, 6.45) is -1.07. The topological polar surface area (TPSA) is 157 Å². The second kappa shape index (κ2) is 4.76. The molecule has 20 heavy (non-hydrogen) atoms. The third kappa shape index (κ3) is 3.11. The Hall–Kier alpha value is -1.58. The van der Waals surface area contributed by atoms with Gasteiger partial charge in [-0.3, -0.25) is 4.57 Å². The Bertz CT molecular complexity index is 766. The number of furan rings is 1. The molecule has 5 N–H and O–H groups in total. The fourth-order valence-corrected chi connectivity index (χ4v) is 3.39. The highest BCUT2D eigenvalue weighted by molar-refractivity contribution is 7.89. The summed E-state index contributed by atoms with van der Waals surface area (Å²) in [7, 11) is -8.80. The molecule has 0 bridgehead atoms. The fourth-order valence-electron chi connectivity index (χ4n) is 1.41. The fraction of sp³-hybridized carbons (Fsp3) is 0.111. The van der Waals surface area contributed by atoms with Gasteiger partial charge in [-0.05, 0) is 6.07 Å². The second-order valence-electron chi connectivity index (χ2n) is 3.91. The molecule has 0 atom stereocenters. The summed E-state index contributed by atoms with van der Waals surface area (Å²) in [6, 6.07) is 3.17. The van der Waals surface area contributed by atoms with E-state index in [1.165, 1.54) is 0 Å². The Balaban J connectivity index is 2.40. The molecule has 9 nitrogen and oxygen atoms in total. The molecule has 0 amide bonds. The van der Waals surface area contributed by atoms with Gasteiger partial charge in [0.2, 0.25) is 5.09 Å². The van der Waals surface area contributed by atoms with E-state index in [1.54, 1.807) is 4.72 Å². The highest BCUT2D eigenvalue weighted by atomic mass is 32.2. The van der Waals surface area contributed by atoms with Gasteiger partial charge >= 0.3 is 7.60 Å². The Labute approximate surface area is 112 Å². The van der Waals surface area contributed by atoms with Crippen LogP contribution in [-0.2, 0) is 14.6 Å². The van der Waals surface area contributed by atoms with Crippen LogP contribution >= 0.6 is 7.60 Å². The summed E-state index contributed by atoms with van der Waals surface area (Å²) < 4.78 is 40.8. The summed E-state index contributed by atoms with van der Waals surface area (Å²) in [5, 5.41) is 18.2. The van der Waals surface area contributed by atoms with Gasteiger partial charge in [-0.1, -0.05) is 0 Å². The van der Waals surface area contributed by atoms with Gasteiger partial charge in [0.15, 0.2) is 11.5 Å². The lowest BCUT2D eigenvalue weighted by molar-refractivity contribution is 0.371. The maximum atomic E-state index is 11.7. The highest BCUT2D eigenvalue weighted by Gasteiger charge is 2.24. The van der Waals surface area contributed by atoms with E-state index in [9.17, 15) is 23.2 Å². The molecule has 0 unspecified atom stereocenters. The average Bonchev–Trinajstić information content (AvgIpc) is 2.70. The van der Waals surface area contributed by atoms with E-state index in [2.05, 4.69) is 0 Å². The van der Waals surface area contributed by atoms with Gasteiger partial charge in [-0.15, -0.1) is 0 Å². The zero-order valence-electron chi connectivity index (χ0n) is 9.72. The number of nitrogens with one attached hydrogen (secondary N) is 1. The van der Waals surface area contributed by atoms with Gasteiger partial charge in [0.05, 0.1) is 0 Å². The zero-order valence-corrected chi connectivity index (χ0v) is 11.4. The monoisotopic (exact) mass is 323 g/mol. The molecule has 1 aromatic carbocycles. The minimum absolute atomic E-state index is 0.00291. The molecule has 1 heterocycles. The van der Waals surface area contributed by atoms with Crippen LogP contribution in [0.15, 0.2) is 27.7 Å².